The Morgan fingerprint density at radius 1 is 1.08 bits per heavy atom. The minimum Gasteiger partial charge on any atom is -0.119 e. The van der Waals surface area contributed by atoms with E-state index in [0.29, 0.717) is 0 Å². The van der Waals surface area contributed by atoms with Crippen LogP contribution in [0, 0.1) is 11.3 Å². The zero-order chi connectivity index (χ0) is 9.99. The summed E-state index contributed by atoms with van der Waals surface area (Å²) in [5.74, 6) is 0.781. The van der Waals surface area contributed by atoms with Crippen LogP contribution in [0.3, 0.4) is 0 Å². The van der Waals surface area contributed by atoms with Crippen molar-refractivity contribution >= 4 is 11.6 Å². The molecule has 0 saturated heterocycles. The largest absolute Gasteiger partial charge is 0.119 e. The van der Waals surface area contributed by atoms with Crippen LogP contribution in [0.1, 0.15) is 54.4 Å². The molecule has 0 N–H and O–H groups in total. The van der Waals surface area contributed by atoms with Crippen molar-refractivity contribution in [2.24, 2.45) is 11.3 Å². The van der Waals surface area contributed by atoms with Crippen LogP contribution in [0.25, 0.3) is 0 Å². The van der Waals surface area contributed by atoms with E-state index in [1.807, 2.05) is 0 Å². The summed E-state index contributed by atoms with van der Waals surface area (Å²) in [5, 5.41) is 0. The highest BCUT2D eigenvalue weighted by Gasteiger charge is 2.34. The SMILES string of the molecule is CC(C)CCC(C)(C)C(C)(C)Cl. The first kappa shape index (κ1) is 12.3. The van der Waals surface area contributed by atoms with Crippen LogP contribution in [0.2, 0.25) is 0 Å². The normalized spacial score (nSPS) is 14.0. The maximum Gasteiger partial charge on any atom is 0.0441 e. The average molecular weight is 191 g/mol. The number of rotatable bonds is 4. The van der Waals surface area contributed by atoms with Gasteiger partial charge in [-0.05, 0) is 31.6 Å². The maximum atomic E-state index is 6.31. The van der Waals surface area contributed by atoms with Gasteiger partial charge in [-0.2, -0.15) is 0 Å². The van der Waals surface area contributed by atoms with E-state index in [0.717, 1.165) is 5.92 Å². The number of halogens is 1. The van der Waals surface area contributed by atoms with Gasteiger partial charge >= 0.3 is 0 Å². The molecule has 0 fully saturated rings. The van der Waals surface area contributed by atoms with E-state index >= 15 is 0 Å². The number of hydrogen-bond donors (Lipinski definition) is 0. The second-order valence-corrected chi connectivity index (χ2v) is 6.23. The Morgan fingerprint density at radius 2 is 1.50 bits per heavy atom. The molecule has 0 aromatic rings. The lowest BCUT2D eigenvalue weighted by molar-refractivity contribution is 0.235. The first-order valence-electron chi connectivity index (χ1n) is 4.86. The van der Waals surface area contributed by atoms with Crippen LogP contribution in [-0.2, 0) is 0 Å². The lowest BCUT2D eigenvalue weighted by Gasteiger charge is -2.37. The Hall–Kier alpha value is 0.290. The molecule has 0 radical (unpaired) electrons. The summed E-state index contributed by atoms with van der Waals surface area (Å²) in [6.45, 7) is 13.2. The van der Waals surface area contributed by atoms with Crippen LogP contribution in [0.5, 0.6) is 0 Å². The van der Waals surface area contributed by atoms with Gasteiger partial charge < -0.3 is 0 Å². The van der Waals surface area contributed by atoms with E-state index < -0.39 is 0 Å². The maximum absolute atomic E-state index is 6.31. The van der Waals surface area contributed by atoms with Gasteiger partial charge in [0.25, 0.3) is 0 Å². The molecular weight excluding hydrogens is 168 g/mol. The van der Waals surface area contributed by atoms with Gasteiger partial charge in [0.05, 0.1) is 0 Å². The van der Waals surface area contributed by atoms with Crippen molar-refractivity contribution in [3.05, 3.63) is 0 Å². The summed E-state index contributed by atoms with van der Waals surface area (Å²) in [6.07, 6.45) is 2.48. The summed E-state index contributed by atoms with van der Waals surface area (Å²) in [6, 6.07) is 0. The number of alkyl halides is 1. The van der Waals surface area contributed by atoms with Gasteiger partial charge in [0.2, 0.25) is 0 Å². The summed E-state index contributed by atoms with van der Waals surface area (Å²) in [4.78, 5) is -0.0953. The predicted molar refractivity (Wildman–Crippen MR) is 57.8 cm³/mol. The summed E-state index contributed by atoms with van der Waals surface area (Å²) < 4.78 is 0. The Balaban J connectivity index is 4.05. The molecule has 0 atom stereocenters. The standard InChI is InChI=1S/C11H23Cl/c1-9(2)7-8-10(3,4)11(5,6)12/h9H,7-8H2,1-6H3. The molecule has 0 heterocycles. The highest BCUT2D eigenvalue weighted by atomic mass is 35.5. The molecule has 0 rings (SSSR count). The molecule has 1 heteroatoms. The van der Waals surface area contributed by atoms with E-state index in [4.69, 9.17) is 11.6 Å². The molecule has 0 aromatic carbocycles. The van der Waals surface area contributed by atoms with Gasteiger partial charge in [-0.25, -0.2) is 0 Å². The molecular formula is C11H23Cl. The van der Waals surface area contributed by atoms with Gasteiger partial charge in [0.15, 0.2) is 0 Å². The highest BCUT2D eigenvalue weighted by Crippen LogP contribution is 2.40. The van der Waals surface area contributed by atoms with Crippen LogP contribution in [0.15, 0.2) is 0 Å². The van der Waals surface area contributed by atoms with Crippen molar-refractivity contribution in [3.63, 3.8) is 0 Å². The highest BCUT2D eigenvalue weighted by molar-refractivity contribution is 6.23. The molecule has 0 unspecified atom stereocenters. The molecule has 0 bridgehead atoms. The molecule has 0 aliphatic carbocycles. The average Bonchev–Trinajstić information content (AvgIpc) is 1.81. The molecule has 0 spiro atoms. The van der Waals surface area contributed by atoms with Crippen LogP contribution in [0.4, 0.5) is 0 Å². The quantitative estimate of drug-likeness (QED) is 0.574. The van der Waals surface area contributed by atoms with Gasteiger partial charge in [0, 0.05) is 4.87 Å². The molecule has 0 aliphatic rings. The molecule has 0 aromatic heterocycles. The monoisotopic (exact) mass is 190 g/mol. The molecule has 0 aliphatic heterocycles. The third kappa shape index (κ3) is 3.80. The summed E-state index contributed by atoms with van der Waals surface area (Å²) in [7, 11) is 0. The molecule has 74 valence electrons. The van der Waals surface area contributed by atoms with E-state index in [2.05, 4.69) is 41.5 Å². The van der Waals surface area contributed by atoms with Crippen LogP contribution in [-0.4, -0.2) is 4.87 Å². The lowest BCUT2D eigenvalue weighted by atomic mass is 9.75. The Kier molecular flexibility index (Phi) is 4.10. The van der Waals surface area contributed by atoms with Crippen LogP contribution >= 0.6 is 11.6 Å². The third-order valence-electron chi connectivity index (χ3n) is 2.96. The summed E-state index contributed by atoms with van der Waals surface area (Å²) >= 11 is 6.31. The van der Waals surface area contributed by atoms with Crippen molar-refractivity contribution in [1.82, 2.24) is 0 Å². The van der Waals surface area contributed by atoms with Gasteiger partial charge in [0.1, 0.15) is 0 Å². The first-order chi connectivity index (χ1) is 5.17. The third-order valence-corrected chi connectivity index (χ3v) is 3.47. The van der Waals surface area contributed by atoms with Gasteiger partial charge in [-0.1, -0.05) is 34.1 Å². The Bertz CT molecular complexity index is 128. The fourth-order valence-corrected chi connectivity index (χ4v) is 1.04. The molecule has 0 amide bonds. The smallest absolute Gasteiger partial charge is 0.0441 e. The topological polar surface area (TPSA) is 0 Å². The molecule has 0 saturated carbocycles. The minimum atomic E-state index is -0.0953. The van der Waals surface area contributed by atoms with Crippen molar-refractivity contribution < 1.29 is 0 Å². The second-order valence-electron chi connectivity index (χ2n) is 5.29. The second kappa shape index (κ2) is 4.00. The van der Waals surface area contributed by atoms with Gasteiger partial charge in [-0.15, -0.1) is 11.6 Å². The fourth-order valence-electron chi connectivity index (χ4n) is 0.947. The Labute approximate surface area is 82.7 Å². The lowest BCUT2D eigenvalue weighted by Crippen LogP contribution is -2.33. The van der Waals surface area contributed by atoms with Crippen LogP contribution < -0.4 is 0 Å². The predicted octanol–water partition coefficient (Wildman–Crippen LogP) is 4.47. The van der Waals surface area contributed by atoms with Crippen molar-refractivity contribution in [3.8, 4) is 0 Å². The van der Waals surface area contributed by atoms with E-state index in [9.17, 15) is 0 Å². The van der Waals surface area contributed by atoms with Gasteiger partial charge in [-0.3, -0.25) is 0 Å². The van der Waals surface area contributed by atoms with Crippen molar-refractivity contribution in [1.29, 1.82) is 0 Å². The zero-order valence-corrected chi connectivity index (χ0v) is 10.1. The zero-order valence-electron chi connectivity index (χ0n) is 9.37. The first-order valence-corrected chi connectivity index (χ1v) is 5.23. The van der Waals surface area contributed by atoms with Crippen molar-refractivity contribution in [2.45, 2.75) is 59.3 Å². The molecule has 12 heavy (non-hydrogen) atoms. The summed E-state index contributed by atoms with van der Waals surface area (Å²) in [5.41, 5.74) is 0.235. The fraction of sp³-hybridized carbons (Fsp3) is 1.00. The van der Waals surface area contributed by atoms with E-state index in [1.54, 1.807) is 0 Å². The number of hydrogen-bond acceptors (Lipinski definition) is 0. The van der Waals surface area contributed by atoms with E-state index in [1.165, 1.54) is 12.8 Å². The molecule has 0 nitrogen and oxygen atoms in total. The van der Waals surface area contributed by atoms with E-state index in [-0.39, 0.29) is 10.3 Å². The Morgan fingerprint density at radius 3 is 1.75 bits per heavy atom. The minimum absolute atomic E-state index is 0.0953. The van der Waals surface area contributed by atoms with Crippen molar-refractivity contribution in [2.75, 3.05) is 0 Å².